The first-order valence-corrected chi connectivity index (χ1v) is 13.6. The molecule has 31 heavy (non-hydrogen) atoms. The second kappa shape index (κ2) is 11.6. The first-order valence-electron chi connectivity index (χ1n) is 11.6. The molecule has 174 valence electrons. The van der Waals surface area contributed by atoms with Gasteiger partial charge in [0.15, 0.2) is 0 Å². The van der Waals surface area contributed by atoms with Crippen molar-refractivity contribution in [1.29, 1.82) is 0 Å². The standard InChI is InChI=1S/C23H36ClN3O3S/c1-2-22-6-3-4-14-26(22)15-5-13-25-23(28)20-11-16-27(17-12-20)31(29,30)18-19-7-9-21(24)10-8-19/h7-10,20,22H,2-6,11-18H2,1H3,(H,25,28). The molecule has 2 aliphatic rings. The van der Waals surface area contributed by atoms with Crippen molar-refractivity contribution in [3.05, 3.63) is 34.9 Å². The van der Waals surface area contributed by atoms with Gasteiger partial charge < -0.3 is 10.2 Å². The van der Waals surface area contributed by atoms with Gasteiger partial charge in [-0.15, -0.1) is 0 Å². The third-order valence-electron chi connectivity index (χ3n) is 6.62. The number of piperidine rings is 2. The summed E-state index contributed by atoms with van der Waals surface area (Å²) in [5.74, 6) is -0.0585. The van der Waals surface area contributed by atoms with Crippen molar-refractivity contribution >= 4 is 27.5 Å². The monoisotopic (exact) mass is 469 g/mol. The fourth-order valence-electron chi connectivity index (χ4n) is 4.73. The Balaban J connectivity index is 1.37. The molecule has 2 fully saturated rings. The Labute approximate surface area is 192 Å². The second-order valence-corrected chi connectivity index (χ2v) is 11.2. The Morgan fingerprint density at radius 1 is 1.10 bits per heavy atom. The van der Waals surface area contributed by atoms with E-state index in [1.165, 1.54) is 36.5 Å². The zero-order valence-corrected chi connectivity index (χ0v) is 20.1. The number of nitrogens with one attached hydrogen (secondary N) is 1. The van der Waals surface area contributed by atoms with E-state index in [2.05, 4.69) is 17.1 Å². The average molecular weight is 470 g/mol. The van der Waals surface area contributed by atoms with E-state index in [1.807, 2.05) is 0 Å². The third kappa shape index (κ3) is 7.17. The van der Waals surface area contributed by atoms with Gasteiger partial charge in [0.2, 0.25) is 15.9 Å². The van der Waals surface area contributed by atoms with Crippen LogP contribution in [0.25, 0.3) is 0 Å². The van der Waals surface area contributed by atoms with Crippen LogP contribution in [0, 0.1) is 5.92 Å². The van der Waals surface area contributed by atoms with Crippen LogP contribution in [0.4, 0.5) is 0 Å². The number of hydrogen-bond donors (Lipinski definition) is 1. The zero-order valence-electron chi connectivity index (χ0n) is 18.6. The third-order valence-corrected chi connectivity index (χ3v) is 8.72. The molecule has 1 amide bonds. The maximum Gasteiger partial charge on any atom is 0.223 e. The van der Waals surface area contributed by atoms with E-state index in [9.17, 15) is 13.2 Å². The largest absolute Gasteiger partial charge is 0.356 e. The van der Waals surface area contributed by atoms with Gasteiger partial charge in [0.25, 0.3) is 0 Å². The number of benzene rings is 1. The Bertz CT molecular complexity index is 808. The Morgan fingerprint density at radius 2 is 1.81 bits per heavy atom. The van der Waals surface area contributed by atoms with Crippen LogP contribution in [0.2, 0.25) is 5.02 Å². The number of nitrogens with zero attached hydrogens (tertiary/aromatic N) is 2. The Hall–Kier alpha value is -1.15. The summed E-state index contributed by atoms with van der Waals surface area (Å²) < 4.78 is 27.0. The fraction of sp³-hybridized carbons (Fsp3) is 0.696. The molecule has 1 aromatic carbocycles. The topological polar surface area (TPSA) is 69.7 Å². The summed E-state index contributed by atoms with van der Waals surface area (Å²) in [5, 5.41) is 3.67. The molecule has 0 saturated carbocycles. The van der Waals surface area contributed by atoms with Gasteiger partial charge in [-0.3, -0.25) is 4.79 Å². The minimum absolute atomic E-state index is 0.0315. The molecule has 2 saturated heterocycles. The van der Waals surface area contributed by atoms with Crippen LogP contribution in [-0.4, -0.2) is 62.3 Å². The maximum absolute atomic E-state index is 12.7. The molecule has 8 heteroatoms. The van der Waals surface area contributed by atoms with Crippen LogP contribution in [0.3, 0.4) is 0 Å². The molecule has 3 rings (SSSR count). The van der Waals surface area contributed by atoms with Crippen molar-refractivity contribution < 1.29 is 13.2 Å². The number of carbonyl (C=O) groups excluding carboxylic acids is 1. The molecule has 1 N–H and O–H groups in total. The van der Waals surface area contributed by atoms with E-state index in [0.29, 0.717) is 43.5 Å². The van der Waals surface area contributed by atoms with E-state index in [-0.39, 0.29) is 17.6 Å². The van der Waals surface area contributed by atoms with Gasteiger partial charge in [-0.1, -0.05) is 37.1 Å². The van der Waals surface area contributed by atoms with Crippen LogP contribution >= 0.6 is 11.6 Å². The Morgan fingerprint density at radius 3 is 2.48 bits per heavy atom. The number of sulfonamides is 1. The number of rotatable bonds is 9. The lowest BCUT2D eigenvalue weighted by molar-refractivity contribution is -0.126. The minimum Gasteiger partial charge on any atom is -0.356 e. The lowest BCUT2D eigenvalue weighted by Gasteiger charge is -2.35. The van der Waals surface area contributed by atoms with E-state index in [0.717, 1.165) is 18.5 Å². The molecule has 0 aliphatic carbocycles. The van der Waals surface area contributed by atoms with E-state index < -0.39 is 10.0 Å². The van der Waals surface area contributed by atoms with Gasteiger partial charge in [-0.25, -0.2) is 12.7 Å². The average Bonchev–Trinajstić information content (AvgIpc) is 2.78. The zero-order chi connectivity index (χ0) is 22.3. The van der Waals surface area contributed by atoms with E-state index in [1.54, 1.807) is 24.3 Å². The summed E-state index contributed by atoms with van der Waals surface area (Å²) in [4.78, 5) is 15.1. The van der Waals surface area contributed by atoms with Gasteiger partial charge in [0.1, 0.15) is 0 Å². The molecule has 6 nitrogen and oxygen atoms in total. The van der Waals surface area contributed by atoms with Crippen molar-refractivity contribution in [3.8, 4) is 0 Å². The summed E-state index contributed by atoms with van der Waals surface area (Å²) in [7, 11) is -3.39. The number of halogens is 1. The molecule has 1 aromatic rings. The molecule has 0 bridgehead atoms. The highest BCUT2D eigenvalue weighted by Crippen LogP contribution is 2.23. The van der Waals surface area contributed by atoms with Gasteiger partial charge >= 0.3 is 0 Å². The predicted molar refractivity (Wildman–Crippen MR) is 126 cm³/mol. The first-order chi connectivity index (χ1) is 14.9. The number of carbonyl (C=O) groups is 1. The summed E-state index contributed by atoms with van der Waals surface area (Å²) in [6, 6.07) is 7.59. The second-order valence-electron chi connectivity index (χ2n) is 8.79. The van der Waals surface area contributed by atoms with Crippen LogP contribution in [0.1, 0.15) is 57.4 Å². The lowest BCUT2D eigenvalue weighted by atomic mass is 9.97. The van der Waals surface area contributed by atoms with Crippen molar-refractivity contribution in [2.24, 2.45) is 5.92 Å². The van der Waals surface area contributed by atoms with Crippen molar-refractivity contribution in [3.63, 3.8) is 0 Å². The molecule has 0 radical (unpaired) electrons. The smallest absolute Gasteiger partial charge is 0.223 e. The number of likely N-dealkylation sites (tertiary alicyclic amines) is 1. The summed E-state index contributed by atoms with van der Waals surface area (Å²) in [6.45, 7) is 5.98. The predicted octanol–water partition coefficient (Wildman–Crippen LogP) is 3.65. The molecule has 2 aliphatic heterocycles. The van der Waals surface area contributed by atoms with E-state index in [4.69, 9.17) is 11.6 Å². The van der Waals surface area contributed by atoms with Gasteiger partial charge in [-0.05, 0) is 62.8 Å². The quantitative estimate of drug-likeness (QED) is 0.560. The van der Waals surface area contributed by atoms with E-state index >= 15 is 0 Å². The molecule has 0 aromatic heterocycles. The molecule has 2 heterocycles. The molecule has 1 unspecified atom stereocenters. The highest BCUT2D eigenvalue weighted by atomic mass is 35.5. The number of amides is 1. The van der Waals surface area contributed by atoms with Gasteiger partial charge in [0, 0.05) is 43.2 Å². The highest BCUT2D eigenvalue weighted by Gasteiger charge is 2.31. The SMILES string of the molecule is CCC1CCCCN1CCCNC(=O)C1CCN(S(=O)(=O)Cc2ccc(Cl)cc2)CC1. The molecular formula is C23H36ClN3O3S. The summed E-state index contributed by atoms with van der Waals surface area (Å²) in [6.07, 6.45) is 7.23. The van der Waals surface area contributed by atoms with Gasteiger partial charge in [-0.2, -0.15) is 0 Å². The van der Waals surface area contributed by atoms with Crippen LogP contribution < -0.4 is 5.32 Å². The van der Waals surface area contributed by atoms with Crippen molar-refractivity contribution in [2.45, 2.75) is 63.7 Å². The molecule has 1 atom stereocenters. The Kier molecular flexibility index (Phi) is 9.19. The number of hydrogen-bond acceptors (Lipinski definition) is 4. The van der Waals surface area contributed by atoms with Crippen molar-refractivity contribution in [2.75, 3.05) is 32.7 Å². The summed E-state index contributed by atoms with van der Waals surface area (Å²) in [5.41, 5.74) is 0.725. The van der Waals surface area contributed by atoms with Crippen LogP contribution in [0.5, 0.6) is 0 Å². The highest BCUT2D eigenvalue weighted by molar-refractivity contribution is 7.88. The minimum atomic E-state index is -3.39. The van der Waals surface area contributed by atoms with Crippen LogP contribution in [-0.2, 0) is 20.6 Å². The lowest BCUT2D eigenvalue weighted by Crippen LogP contribution is -2.44. The van der Waals surface area contributed by atoms with Crippen LogP contribution in [0.15, 0.2) is 24.3 Å². The maximum atomic E-state index is 12.7. The van der Waals surface area contributed by atoms with Gasteiger partial charge in [0.05, 0.1) is 5.75 Å². The first kappa shape index (κ1) is 24.5. The fourth-order valence-corrected chi connectivity index (χ4v) is 6.42. The summed E-state index contributed by atoms with van der Waals surface area (Å²) >= 11 is 5.88. The molecular weight excluding hydrogens is 434 g/mol. The normalized spacial score (nSPS) is 21.8. The van der Waals surface area contributed by atoms with Crippen molar-refractivity contribution in [1.82, 2.24) is 14.5 Å². The molecule has 0 spiro atoms.